The van der Waals surface area contributed by atoms with Crippen LogP contribution >= 0.6 is 11.6 Å². The Morgan fingerprint density at radius 2 is 1.80 bits per heavy atom. The molecule has 0 aliphatic heterocycles. The van der Waals surface area contributed by atoms with E-state index in [1.165, 1.54) is 29.3 Å². The second-order valence-electron chi connectivity index (χ2n) is 5.91. The summed E-state index contributed by atoms with van der Waals surface area (Å²) >= 11 is 6.08. The first-order valence-electron chi connectivity index (χ1n) is 7.86. The Morgan fingerprint density at radius 3 is 2.40 bits per heavy atom. The standard InChI is InChI=1S/C18H21ClN2O3S/c1-13-5-7-14(8-6-13)4-3-11-20-18(22)16-10-9-15(12-17(16)19)21-25(2,23)24/h5-10,12,21H,3-4,11H2,1-2H3,(H,20,22). The van der Waals surface area contributed by atoms with Crippen molar-refractivity contribution >= 4 is 33.2 Å². The van der Waals surface area contributed by atoms with Gasteiger partial charge in [0.05, 0.1) is 16.8 Å². The Hall–Kier alpha value is -2.05. The van der Waals surface area contributed by atoms with Crippen LogP contribution in [0.1, 0.15) is 27.9 Å². The van der Waals surface area contributed by atoms with E-state index in [0.29, 0.717) is 17.8 Å². The first-order chi connectivity index (χ1) is 11.7. The van der Waals surface area contributed by atoms with E-state index in [9.17, 15) is 13.2 Å². The van der Waals surface area contributed by atoms with Gasteiger partial charge < -0.3 is 5.32 Å². The number of carbonyl (C=O) groups excluding carboxylic acids is 1. The number of sulfonamides is 1. The Labute approximate surface area is 153 Å². The normalized spacial score (nSPS) is 11.2. The monoisotopic (exact) mass is 380 g/mol. The molecule has 2 N–H and O–H groups in total. The number of amides is 1. The van der Waals surface area contributed by atoms with Crippen molar-refractivity contribution in [2.45, 2.75) is 19.8 Å². The molecule has 7 heteroatoms. The zero-order valence-corrected chi connectivity index (χ0v) is 15.7. The molecule has 0 radical (unpaired) electrons. The van der Waals surface area contributed by atoms with Gasteiger partial charge in [0.15, 0.2) is 0 Å². The highest BCUT2D eigenvalue weighted by atomic mass is 35.5. The third-order valence-electron chi connectivity index (χ3n) is 3.57. The van der Waals surface area contributed by atoms with E-state index in [4.69, 9.17) is 11.6 Å². The van der Waals surface area contributed by atoms with E-state index in [1.807, 2.05) is 6.92 Å². The van der Waals surface area contributed by atoms with E-state index < -0.39 is 10.0 Å². The van der Waals surface area contributed by atoms with Crippen LogP contribution in [0.2, 0.25) is 5.02 Å². The van der Waals surface area contributed by atoms with E-state index in [1.54, 1.807) is 0 Å². The third kappa shape index (κ3) is 6.40. The van der Waals surface area contributed by atoms with Gasteiger partial charge in [0.1, 0.15) is 0 Å². The fourth-order valence-corrected chi connectivity index (χ4v) is 3.14. The number of hydrogen-bond donors (Lipinski definition) is 2. The van der Waals surface area contributed by atoms with Crippen LogP contribution in [-0.2, 0) is 16.4 Å². The lowest BCUT2D eigenvalue weighted by Crippen LogP contribution is -2.25. The molecule has 0 heterocycles. The zero-order chi connectivity index (χ0) is 18.4. The largest absolute Gasteiger partial charge is 0.352 e. The van der Waals surface area contributed by atoms with Gasteiger partial charge in [-0.2, -0.15) is 0 Å². The van der Waals surface area contributed by atoms with Crippen molar-refractivity contribution in [3.63, 3.8) is 0 Å². The van der Waals surface area contributed by atoms with Gasteiger partial charge in [-0.15, -0.1) is 0 Å². The minimum absolute atomic E-state index is 0.199. The summed E-state index contributed by atoms with van der Waals surface area (Å²) in [6.45, 7) is 2.58. The lowest BCUT2D eigenvalue weighted by molar-refractivity contribution is 0.0953. The van der Waals surface area contributed by atoms with Crippen LogP contribution in [0, 0.1) is 6.92 Å². The van der Waals surface area contributed by atoms with E-state index in [-0.39, 0.29) is 10.9 Å². The molecule has 0 spiro atoms. The number of benzene rings is 2. The SMILES string of the molecule is Cc1ccc(CCCNC(=O)c2ccc(NS(C)(=O)=O)cc2Cl)cc1. The maximum absolute atomic E-state index is 12.2. The van der Waals surface area contributed by atoms with Crippen molar-refractivity contribution in [3.8, 4) is 0 Å². The summed E-state index contributed by atoms with van der Waals surface area (Å²) in [7, 11) is -3.38. The predicted molar refractivity (Wildman–Crippen MR) is 102 cm³/mol. The number of halogens is 1. The summed E-state index contributed by atoms with van der Waals surface area (Å²) in [5.41, 5.74) is 3.09. The molecule has 0 aromatic heterocycles. The molecular formula is C18H21ClN2O3S. The van der Waals surface area contributed by atoms with Crippen molar-refractivity contribution in [3.05, 3.63) is 64.2 Å². The fourth-order valence-electron chi connectivity index (χ4n) is 2.32. The second-order valence-corrected chi connectivity index (χ2v) is 8.07. The van der Waals surface area contributed by atoms with Crippen LogP contribution < -0.4 is 10.0 Å². The smallest absolute Gasteiger partial charge is 0.252 e. The molecule has 0 saturated heterocycles. The van der Waals surface area contributed by atoms with Gasteiger partial charge in [0.25, 0.3) is 5.91 Å². The van der Waals surface area contributed by atoms with Gasteiger partial charge in [-0.3, -0.25) is 9.52 Å². The summed E-state index contributed by atoms with van der Waals surface area (Å²) in [6.07, 6.45) is 2.75. The average Bonchev–Trinajstić information content (AvgIpc) is 2.51. The Balaban J connectivity index is 1.87. The number of anilines is 1. The molecule has 1 amide bonds. The van der Waals surface area contributed by atoms with Crippen molar-refractivity contribution in [2.75, 3.05) is 17.5 Å². The number of hydrogen-bond acceptors (Lipinski definition) is 3. The molecule has 134 valence electrons. The van der Waals surface area contributed by atoms with Crippen molar-refractivity contribution in [1.29, 1.82) is 0 Å². The third-order valence-corrected chi connectivity index (χ3v) is 4.48. The highest BCUT2D eigenvalue weighted by Gasteiger charge is 2.11. The van der Waals surface area contributed by atoms with Gasteiger partial charge >= 0.3 is 0 Å². The molecule has 0 aliphatic rings. The maximum Gasteiger partial charge on any atom is 0.252 e. The van der Waals surface area contributed by atoms with Gasteiger partial charge in [-0.25, -0.2) is 8.42 Å². The first-order valence-corrected chi connectivity index (χ1v) is 10.1. The molecule has 0 atom stereocenters. The molecule has 2 aromatic carbocycles. The highest BCUT2D eigenvalue weighted by molar-refractivity contribution is 7.92. The van der Waals surface area contributed by atoms with Crippen molar-refractivity contribution in [2.24, 2.45) is 0 Å². The molecule has 0 saturated carbocycles. The van der Waals surface area contributed by atoms with Gasteiger partial charge in [0.2, 0.25) is 10.0 Å². The lowest BCUT2D eigenvalue weighted by atomic mass is 10.1. The molecule has 0 fully saturated rings. The summed E-state index contributed by atoms with van der Waals surface area (Å²) in [4.78, 5) is 12.2. The first kappa shape index (κ1) is 19.3. The Kier molecular flexibility index (Phi) is 6.45. The van der Waals surface area contributed by atoms with Crippen LogP contribution in [0.4, 0.5) is 5.69 Å². The second kappa shape index (κ2) is 8.36. The fraction of sp³-hybridized carbons (Fsp3) is 0.278. The van der Waals surface area contributed by atoms with E-state index >= 15 is 0 Å². The molecule has 0 aliphatic carbocycles. The lowest BCUT2D eigenvalue weighted by Gasteiger charge is -2.09. The molecule has 25 heavy (non-hydrogen) atoms. The van der Waals surface area contributed by atoms with Gasteiger partial charge in [0, 0.05) is 12.2 Å². The van der Waals surface area contributed by atoms with E-state index in [0.717, 1.165) is 19.1 Å². The molecule has 2 aromatic rings. The molecule has 5 nitrogen and oxygen atoms in total. The van der Waals surface area contributed by atoms with Crippen LogP contribution in [-0.4, -0.2) is 27.1 Å². The van der Waals surface area contributed by atoms with Gasteiger partial charge in [-0.05, 0) is 43.5 Å². The van der Waals surface area contributed by atoms with Crippen LogP contribution in [0.25, 0.3) is 0 Å². The Bertz CT molecular complexity index is 849. The summed E-state index contributed by atoms with van der Waals surface area (Å²) in [5.74, 6) is -0.278. The number of carbonyl (C=O) groups is 1. The molecule has 0 bridgehead atoms. The van der Waals surface area contributed by atoms with Crippen LogP contribution in [0.15, 0.2) is 42.5 Å². The number of aryl methyl sites for hydroxylation is 2. The molecule has 0 unspecified atom stereocenters. The maximum atomic E-state index is 12.2. The van der Waals surface area contributed by atoms with Crippen LogP contribution in [0.3, 0.4) is 0 Å². The minimum atomic E-state index is -3.38. The quantitative estimate of drug-likeness (QED) is 0.723. The average molecular weight is 381 g/mol. The number of rotatable bonds is 7. The predicted octanol–water partition coefficient (Wildman–Crippen LogP) is 3.38. The zero-order valence-electron chi connectivity index (χ0n) is 14.2. The van der Waals surface area contributed by atoms with Crippen molar-refractivity contribution < 1.29 is 13.2 Å². The molecule has 2 rings (SSSR count). The van der Waals surface area contributed by atoms with Gasteiger partial charge in [-0.1, -0.05) is 41.4 Å². The molecular weight excluding hydrogens is 360 g/mol. The highest BCUT2D eigenvalue weighted by Crippen LogP contribution is 2.21. The summed E-state index contributed by atoms with van der Waals surface area (Å²) in [5, 5.41) is 3.03. The Morgan fingerprint density at radius 1 is 1.12 bits per heavy atom. The summed E-state index contributed by atoms with van der Waals surface area (Å²) in [6, 6.07) is 12.7. The summed E-state index contributed by atoms with van der Waals surface area (Å²) < 4.78 is 24.7. The number of nitrogens with one attached hydrogen (secondary N) is 2. The van der Waals surface area contributed by atoms with Crippen LogP contribution in [0.5, 0.6) is 0 Å². The topological polar surface area (TPSA) is 75.3 Å². The van der Waals surface area contributed by atoms with E-state index in [2.05, 4.69) is 34.3 Å². The minimum Gasteiger partial charge on any atom is -0.352 e. The van der Waals surface area contributed by atoms with Crippen molar-refractivity contribution in [1.82, 2.24) is 5.32 Å².